The molecule has 1 saturated heterocycles. The van der Waals surface area contributed by atoms with Crippen molar-refractivity contribution in [2.45, 2.75) is 12.8 Å². The third kappa shape index (κ3) is 2.79. The molecule has 0 aliphatic carbocycles. The monoisotopic (exact) mass is 329 g/mol. The highest BCUT2D eigenvalue weighted by Crippen LogP contribution is 2.28. The number of fused-ring (bicyclic) bond motifs is 1. The summed E-state index contributed by atoms with van der Waals surface area (Å²) in [6, 6.07) is 8.34. The highest BCUT2D eigenvalue weighted by molar-refractivity contribution is 7.90. The number of amidine groups is 1. The lowest BCUT2D eigenvalue weighted by molar-refractivity contribution is 0.550. The summed E-state index contributed by atoms with van der Waals surface area (Å²) in [5.41, 5.74) is 3.09. The number of anilines is 1. The summed E-state index contributed by atoms with van der Waals surface area (Å²) >= 11 is 0. The maximum absolute atomic E-state index is 11.8. The SMILES string of the molecule is O=S1(=O)CCN2C=CC=C(c3ccc(N4CCCC4)cc3)C2=N1. The minimum absolute atomic E-state index is 0.0714. The molecule has 1 aromatic carbocycles. The fourth-order valence-electron chi connectivity index (χ4n) is 3.27. The van der Waals surface area contributed by atoms with Crippen LogP contribution in [0.1, 0.15) is 18.4 Å². The van der Waals surface area contributed by atoms with Crippen LogP contribution in [0.25, 0.3) is 5.57 Å². The second kappa shape index (κ2) is 5.53. The molecule has 0 spiro atoms. The second-order valence-corrected chi connectivity index (χ2v) is 7.81. The zero-order valence-corrected chi connectivity index (χ0v) is 13.7. The third-order valence-electron chi connectivity index (χ3n) is 4.51. The van der Waals surface area contributed by atoms with Crippen molar-refractivity contribution in [1.82, 2.24) is 4.90 Å². The molecule has 3 aliphatic rings. The standard InChI is InChI=1S/C17H19N3O2S/c21-23(22)13-12-20-11-3-4-16(17(20)18-23)14-5-7-15(8-6-14)19-9-1-2-10-19/h3-8,11H,1-2,9-10,12-13H2. The minimum Gasteiger partial charge on any atom is -0.372 e. The van der Waals surface area contributed by atoms with E-state index in [1.54, 1.807) is 0 Å². The summed E-state index contributed by atoms with van der Waals surface area (Å²) in [5, 5.41) is 0. The fraction of sp³-hybridized carbons (Fsp3) is 0.353. The molecule has 0 amide bonds. The molecule has 23 heavy (non-hydrogen) atoms. The highest BCUT2D eigenvalue weighted by Gasteiger charge is 2.27. The van der Waals surface area contributed by atoms with E-state index in [4.69, 9.17) is 0 Å². The Morgan fingerprint density at radius 3 is 2.48 bits per heavy atom. The summed E-state index contributed by atoms with van der Waals surface area (Å²) < 4.78 is 27.7. The van der Waals surface area contributed by atoms with Crippen LogP contribution in [-0.4, -0.2) is 44.5 Å². The summed E-state index contributed by atoms with van der Waals surface area (Å²) in [6.45, 7) is 2.69. The Hall–Kier alpha value is -2.08. The lowest BCUT2D eigenvalue weighted by Gasteiger charge is -2.29. The van der Waals surface area contributed by atoms with Crippen LogP contribution >= 0.6 is 0 Å². The van der Waals surface area contributed by atoms with Crippen LogP contribution in [0.15, 0.2) is 47.0 Å². The topological polar surface area (TPSA) is 53.0 Å². The van der Waals surface area contributed by atoms with Crippen LogP contribution in [0, 0.1) is 0 Å². The van der Waals surface area contributed by atoms with Crippen molar-refractivity contribution in [3.63, 3.8) is 0 Å². The molecule has 0 N–H and O–H groups in total. The molecular formula is C17H19N3O2S. The molecule has 3 aliphatic heterocycles. The van der Waals surface area contributed by atoms with Crippen LogP contribution in [0.4, 0.5) is 5.69 Å². The van der Waals surface area contributed by atoms with E-state index in [1.165, 1.54) is 18.5 Å². The summed E-state index contributed by atoms with van der Waals surface area (Å²) in [7, 11) is -3.35. The zero-order valence-electron chi connectivity index (χ0n) is 12.9. The van der Waals surface area contributed by atoms with E-state index in [2.05, 4.69) is 33.6 Å². The van der Waals surface area contributed by atoms with Crippen molar-refractivity contribution in [2.75, 3.05) is 30.3 Å². The van der Waals surface area contributed by atoms with Crippen molar-refractivity contribution >= 4 is 27.1 Å². The molecule has 120 valence electrons. The van der Waals surface area contributed by atoms with Crippen molar-refractivity contribution < 1.29 is 8.42 Å². The predicted molar refractivity (Wildman–Crippen MR) is 92.9 cm³/mol. The molecule has 1 fully saturated rings. The maximum atomic E-state index is 11.8. The van der Waals surface area contributed by atoms with Gasteiger partial charge in [0.25, 0.3) is 10.0 Å². The molecule has 6 heteroatoms. The lowest BCUT2D eigenvalue weighted by atomic mass is 10.0. The van der Waals surface area contributed by atoms with Gasteiger partial charge in [-0.1, -0.05) is 12.1 Å². The molecule has 0 unspecified atom stereocenters. The van der Waals surface area contributed by atoms with Gasteiger partial charge in [-0.2, -0.15) is 0 Å². The average Bonchev–Trinajstić information content (AvgIpc) is 3.08. The summed E-state index contributed by atoms with van der Waals surface area (Å²) in [6.07, 6.45) is 8.26. The number of allylic oxidation sites excluding steroid dienone is 2. The number of benzene rings is 1. The van der Waals surface area contributed by atoms with Gasteiger partial charge in [0.05, 0.1) is 5.75 Å². The van der Waals surface area contributed by atoms with E-state index in [0.717, 1.165) is 24.2 Å². The molecule has 3 heterocycles. The number of nitrogens with zero attached hydrogens (tertiary/aromatic N) is 3. The summed E-state index contributed by atoms with van der Waals surface area (Å²) in [4.78, 5) is 4.29. The van der Waals surface area contributed by atoms with Crippen molar-refractivity contribution in [2.24, 2.45) is 4.40 Å². The van der Waals surface area contributed by atoms with Gasteiger partial charge in [-0.25, -0.2) is 8.42 Å². The van der Waals surface area contributed by atoms with E-state index in [-0.39, 0.29) is 5.75 Å². The molecule has 5 nitrogen and oxygen atoms in total. The van der Waals surface area contributed by atoms with Crippen molar-refractivity contribution in [1.29, 1.82) is 0 Å². The number of hydrogen-bond acceptors (Lipinski definition) is 4. The van der Waals surface area contributed by atoms with Gasteiger partial charge >= 0.3 is 0 Å². The molecule has 0 aromatic heterocycles. The normalized spacial score (nSPS) is 22.6. The third-order valence-corrected chi connectivity index (χ3v) is 5.66. The smallest absolute Gasteiger partial charge is 0.256 e. The van der Waals surface area contributed by atoms with Gasteiger partial charge in [-0.15, -0.1) is 4.40 Å². The average molecular weight is 329 g/mol. The van der Waals surface area contributed by atoms with Gasteiger partial charge in [-0.05, 0) is 42.7 Å². The maximum Gasteiger partial charge on any atom is 0.256 e. The quantitative estimate of drug-likeness (QED) is 0.835. The summed E-state index contributed by atoms with van der Waals surface area (Å²) in [5.74, 6) is 0.606. The number of hydrogen-bond donors (Lipinski definition) is 0. The van der Waals surface area contributed by atoms with Gasteiger partial charge in [0.15, 0.2) is 5.84 Å². The van der Waals surface area contributed by atoms with Crippen molar-refractivity contribution in [3.8, 4) is 0 Å². The first-order chi connectivity index (χ1) is 11.1. The van der Waals surface area contributed by atoms with Crippen LogP contribution in [0.5, 0.6) is 0 Å². The Bertz CT molecular complexity index is 801. The largest absolute Gasteiger partial charge is 0.372 e. The second-order valence-electron chi connectivity index (χ2n) is 6.06. The zero-order chi connectivity index (χ0) is 15.9. The van der Waals surface area contributed by atoms with Crippen LogP contribution in [0.3, 0.4) is 0 Å². The highest BCUT2D eigenvalue weighted by atomic mass is 32.2. The molecular weight excluding hydrogens is 310 g/mol. The van der Waals surface area contributed by atoms with Gasteiger partial charge in [0, 0.05) is 37.1 Å². The first kappa shape index (κ1) is 14.5. The van der Waals surface area contributed by atoms with E-state index < -0.39 is 10.0 Å². The van der Waals surface area contributed by atoms with Crippen LogP contribution < -0.4 is 4.90 Å². The first-order valence-electron chi connectivity index (χ1n) is 7.96. The van der Waals surface area contributed by atoms with Gasteiger partial charge < -0.3 is 9.80 Å². The Morgan fingerprint density at radius 2 is 1.74 bits per heavy atom. The lowest BCUT2D eigenvalue weighted by Crippen LogP contribution is -2.37. The molecule has 1 aromatic rings. The van der Waals surface area contributed by atoms with Crippen LogP contribution in [-0.2, 0) is 10.0 Å². The minimum atomic E-state index is -3.35. The Kier molecular flexibility index (Phi) is 3.49. The number of sulfonamides is 1. The molecule has 4 rings (SSSR count). The van der Waals surface area contributed by atoms with Crippen LogP contribution in [0.2, 0.25) is 0 Å². The Balaban J connectivity index is 1.67. The molecule has 0 bridgehead atoms. The predicted octanol–water partition coefficient (Wildman–Crippen LogP) is 2.24. The van der Waals surface area contributed by atoms with Crippen molar-refractivity contribution in [3.05, 3.63) is 48.2 Å². The Morgan fingerprint density at radius 1 is 1.00 bits per heavy atom. The number of rotatable bonds is 2. The molecule has 0 radical (unpaired) electrons. The molecule has 0 saturated carbocycles. The first-order valence-corrected chi connectivity index (χ1v) is 9.57. The van der Waals surface area contributed by atoms with E-state index >= 15 is 0 Å². The fourth-order valence-corrected chi connectivity index (χ4v) is 4.25. The Labute approximate surface area is 136 Å². The van der Waals surface area contributed by atoms with Gasteiger partial charge in [0.1, 0.15) is 0 Å². The van der Waals surface area contributed by atoms with Gasteiger partial charge in [0.2, 0.25) is 0 Å². The van der Waals surface area contributed by atoms with Gasteiger partial charge in [-0.3, -0.25) is 0 Å². The van der Waals surface area contributed by atoms with E-state index in [1.807, 2.05) is 23.3 Å². The molecule has 0 atom stereocenters. The van der Waals surface area contributed by atoms with E-state index in [0.29, 0.717) is 12.4 Å². The van der Waals surface area contributed by atoms with E-state index in [9.17, 15) is 8.42 Å².